The molecule has 0 aliphatic carbocycles. The second-order valence-electron chi connectivity index (χ2n) is 5.86. The summed E-state index contributed by atoms with van der Waals surface area (Å²) in [6.45, 7) is 2.34. The van der Waals surface area contributed by atoms with E-state index in [1.165, 1.54) is 6.42 Å². The molecule has 2 aromatic rings. The minimum atomic E-state index is 0.0391. The van der Waals surface area contributed by atoms with Gasteiger partial charge < -0.3 is 10.2 Å². The molecule has 1 aromatic heterocycles. The average Bonchev–Trinajstić information content (AvgIpc) is 3.11. The van der Waals surface area contributed by atoms with Crippen molar-refractivity contribution in [1.82, 2.24) is 15.2 Å². The smallest absolute Gasteiger partial charge is 0.317 e. The topological polar surface area (TPSA) is 69.0 Å². The number of nitriles is 1. The number of thiazole rings is 1. The summed E-state index contributed by atoms with van der Waals surface area (Å²) < 4.78 is 0. The van der Waals surface area contributed by atoms with Crippen LogP contribution in [0.5, 0.6) is 0 Å². The molecule has 3 rings (SSSR count). The first-order valence-corrected chi connectivity index (χ1v) is 9.12. The van der Waals surface area contributed by atoms with Gasteiger partial charge >= 0.3 is 6.03 Å². The number of rotatable bonds is 4. The Morgan fingerprint density at radius 3 is 2.71 bits per heavy atom. The summed E-state index contributed by atoms with van der Waals surface area (Å²) in [5.74, 6) is 0. The predicted octanol–water partition coefficient (Wildman–Crippen LogP) is 3.42. The molecule has 5 nitrogen and oxygen atoms in total. The second-order valence-corrected chi connectivity index (χ2v) is 6.72. The van der Waals surface area contributed by atoms with E-state index in [4.69, 9.17) is 5.26 Å². The van der Waals surface area contributed by atoms with Gasteiger partial charge in [-0.1, -0.05) is 12.1 Å². The molecule has 1 N–H and O–H groups in total. The summed E-state index contributed by atoms with van der Waals surface area (Å²) in [6.07, 6.45) is 4.16. The third kappa shape index (κ3) is 4.12. The summed E-state index contributed by atoms with van der Waals surface area (Å²) in [4.78, 5) is 18.6. The van der Waals surface area contributed by atoms with Gasteiger partial charge in [0.1, 0.15) is 5.01 Å². The van der Waals surface area contributed by atoms with E-state index in [2.05, 4.69) is 16.4 Å². The SMILES string of the molecule is N#Cc1ccc(-c2nc(CCNC(=O)N3CCCCC3)cs2)cc1. The first-order chi connectivity index (χ1) is 11.8. The number of nitrogens with one attached hydrogen (secondary N) is 1. The molecule has 1 aliphatic heterocycles. The minimum Gasteiger partial charge on any atom is -0.338 e. The average molecular weight is 340 g/mol. The molecule has 0 atom stereocenters. The number of hydrogen-bond acceptors (Lipinski definition) is 4. The van der Waals surface area contributed by atoms with E-state index in [1.54, 1.807) is 23.5 Å². The maximum absolute atomic E-state index is 12.0. The number of hydrogen-bond donors (Lipinski definition) is 1. The van der Waals surface area contributed by atoms with Crippen molar-refractivity contribution in [1.29, 1.82) is 5.26 Å². The van der Waals surface area contributed by atoms with Crippen LogP contribution in [0.3, 0.4) is 0 Å². The molecule has 0 saturated carbocycles. The van der Waals surface area contributed by atoms with Gasteiger partial charge in [-0.2, -0.15) is 5.26 Å². The molecule has 1 fully saturated rings. The fourth-order valence-corrected chi connectivity index (χ4v) is 3.61. The van der Waals surface area contributed by atoms with E-state index in [9.17, 15) is 4.79 Å². The fraction of sp³-hybridized carbons (Fsp3) is 0.389. The molecule has 2 amide bonds. The zero-order valence-corrected chi connectivity index (χ0v) is 14.3. The molecule has 1 aliphatic rings. The Balaban J connectivity index is 1.50. The Kier molecular flexibility index (Phi) is 5.44. The molecule has 24 heavy (non-hydrogen) atoms. The quantitative estimate of drug-likeness (QED) is 0.927. The van der Waals surface area contributed by atoms with Gasteiger partial charge in [-0.25, -0.2) is 9.78 Å². The number of piperidine rings is 1. The Bertz CT molecular complexity index is 726. The maximum Gasteiger partial charge on any atom is 0.317 e. The Labute approximate surface area is 145 Å². The summed E-state index contributed by atoms with van der Waals surface area (Å²) >= 11 is 1.59. The zero-order valence-electron chi connectivity index (χ0n) is 13.5. The summed E-state index contributed by atoms with van der Waals surface area (Å²) in [6, 6.07) is 9.59. The highest BCUT2D eigenvalue weighted by atomic mass is 32.1. The Morgan fingerprint density at radius 2 is 2.00 bits per heavy atom. The second kappa shape index (κ2) is 7.93. The molecule has 0 spiro atoms. The lowest BCUT2D eigenvalue weighted by Crippen LogP contribution is -2.43. The highest BCUT2D eigenvalue weighted by Crippen LogP contribution is 2.24. The van der Waals surface area contributed by atoms with Crippen molar-refractivity contribution < 1.29 is 4.79 Å². The van der Waals surface area contributed by atoms with E-state index in [0.29, 0.717) is 12.1 Å². The molecule has 1 saturated heterocycles. The third-order valence-corrected chi connectivity index (χ3v) is 5.05. The van der Waals surface area contributed by atoms with Gasteiger partial charge in [-0.3, -0.25) is 0 Å². The lowest BCUT2D eigenvalue weighted by atomic mass is 10.1. The van der Waals surface area contributed by atoms with Gasteiger partial charge in [-0.05, 0) is 31.4 Å². The fourth-order valence-electron chi connectivity index (χ4n) is 2.75. The van der Waals surface area contributed by atoms with Crippen molar-refractivity contribution in [2.24, 2.45) is 0 Å². The minimum absolute atomic E-state index is 0.0391. The Morgan fingerprint density at radius 1 is 1.25 bits per heavy atom. The number of benzene rings is 1. The molecule has 6 heteroatoms. The summed E-state index contributed by atoms with van der Waals surface area (Å²) in [5, 5.41) is 14.8. The van der Waals surface area contributed by atoms with Crippen LogP contribution in [0.15, 0.2) is 29.6 Å². The van der Waals surface area contributed by atoms with Crippen molar-refractivity contribution in [2.75, 3.05) is 19.6 Å². The van der Waals surface area contributed by atoms with E-state index in [-0.39, 0.29) is 6.03 Å². The van der Waals surface area contributed by atoms with Crippen LogP contribution in [0.1, 0.15) is 30.5 Å². The molecule has 2 heterocycles. The normalized spacial score (nSPS) is 14.2. The van der Waals surface area contributed by atoms with Crippen LogP contribution in [0, 0.1) is 11.3 Å². The van der Waals surface area contributed by atoms with Crippen molar-refractivity contribution >= 4 is 17.4 Å². The maximum atomic E-state index is 12.0. The first-order valence-electron chi connectivity index (χ1n) is 8.24. The summed E-state index contributed by atoms with van der Waals surface area (Å²) in [5.41, 5.74) is 2.65. The molecule has 124 valence electrons. The molecule has 0 radical (unpaired) electrons. The largest absolute Gasteiger partial charge is 0.338 e. The van der Waals surface area contributed by atoms with E-state index >= 15 is 0 Å². The van der Waals surface area contributed by atoms with E-state index < -0.39 is 0 Å². The van der Waals surface area contributed by atoms with Gasteiger partial charge in [0.15, 0.2) is 0 Å². The number of aromatic nitrogens is 1. The zero-order chi connectivity index (χ0) is 16.8. The van der Waals surface area contributed by atoms with Gasteiger partial charge in [0.05, 0.1) is 17.3 Å². The molecule has 0 bridgehead atoms. The van der Waals surface area contributed by atoms with Crippen LogP contribution in [-0.4, -0.2) is 35.5 Å². The van der Waals surface area contributed by atoms with Crippen LogP contribution in [0.2, 0.25) is 0 Å². The number of carbonyl (C=O) groups excluding carboxylic acids is 1. The monoisotopic (exact) mass is 340 g/mol. The molecule has 1 aromatic carbocycles. The van der Waals surface area contributed by atoms with Gasteiger partial charge in [-0.15, -0.1) is 11.3 Å². The van der Waals surface area contributed by atoms with Crippen LogP contribution >= 0.6 is 11.3 Å². The first kappa shape index (κ1) is 16.5. The highest BCUT2D eigenvalue weighted by Gasteiger charge is 2.15. The number of carbonyl (C=O) groups is 1. The predicted molar refractivity (Wildman–Crippen MR) is 94.8 cm³/mol. The molecular formula is C18H20N4OS. The van der Waals surface area contributed by atoms with Crippen LogP contribution in [-0.2, 0) is 6.42 Å². The number of nitrogens with zero attached hydrogens (tertiary/aromatic N) is 3. The molecular weight excluding hydrogens is 320 g/mol. The van der Waals surface area contributed by atoms with Crippen LogP contribution in [0.4, 0.5) is 4.79 Å². The van der Waals surface area contributed by atoms with Crippen molar-refractivity contribution in [3.05, 3.63) is 40.9 Å². The number of amides is 2. The van der Waals surface area contributed by atoms with Crippen LogP contribution < -0.4 is 5.32 Å². The standard InChI is InChI=1S/C18H20N4OS/c19-12-14-4-6-15(7-5-14)17-21-16(13-24-17)8-9-20-18(23)22-10-2-1-3-11-22/h4-7,13H,1-3,8-11H2,(H,20,23). The van der Waals surface area contributed by atoms with Gasteiger partial charge in [0.25, 0.3) is 0 Å². The number of urea groups is 1. The lowest BCUT2D eigenvalue weighted by Gasteiger charge is -2.26. The summed E-state index contributed by atoms with van der Waals surface area (Å²) in [7, 11) is 0. The van der Waals surface area contributed by atoms with Gasteiger partial charge in [0, 0.05) is 37.0 Å². The van der Waals surface area contributed by atoms with Crippen molar-refractivity contribution in [3.63, 3.8) is 0 Å². The van der Waals surface area contributed by atoms with E-state index in [0.717, 1.165) is 48.6 Å². The molecule has 0 unspecified atom stereocenters. The lowest BCUT2D eigenvalue weighted by molar-refractivity contribution is 0.186. The van der Waals surface area contributed by atoms with E-state index in [1.807, 2.05) is 22.4 Å². The van der Waals surface area contributed by atoms with Gasteiger partial charge in [0.2, 0.25) is 0 Å². The van der Waals surface area contributed by atoms with Crippen molar-refractivity contribution in [3.8, 4) is 16.6 Å². The number of likely N-dealkylation sites (tertiary alicyclic amines) is 1. The highest BCUT2D eigenvalue weighted by molar-refractivity contribution is 7.13. The Hall–Kier alpha value is -2.39. The van der Waals surface area contributed by atoms with Crippen molar-refractivity contribution in [2.45, 2.75) is 25.7 Å². The van der Waals surface area contributed by atoms with Crippen LogP contribution in [0.25, 0.3) is 10.6 Å². The third-order valence-electron chi connectivity index (χ3n) is 4.11.